The van der Waals surface area contributed by atoms with Crippen LogP contribution in [0, 0.1) is 12.7 Å². The van der Waals surface area contributed by atoms with E-state index in [-0.39, 0.29) is 11.9 Å². The van der Waals surface area contributed by atoms with Crippen LogP contribution < -0.4 is 15.8 Å². The van der Waals surface area contributed by atoms with Gasteiger partial charge in [-0.3, -0.25) is 9.67 Å². The van der Waals surface area contributed by atoms with E-state index >= 15 is 0 Å². The standard InChI is InChI=1S/C13H16FN5O/c1-7-12(19(2)18-13(7)15)10-3-11(9(14)6-17-10)20-8-4-16-5-8/h3,6,8,16H,4-5H2,1-2H3,(H2,15,18). The minimum absolute atomic E-state index is 0.0115. The third-order valence-corrected chi connectivity index (χ3v) is 3.42. The number of aromatic nitrogens is 3. The number of anilines is 1. The predicted molar refractivity (Wildman–Crippen MR) is 72.8 cm³/mol. The van der Waals surface area contributed by atoms with Crippen LogP contribution >= 0.6 is 0 Å². The third kappa shape index (κ3) is 2.09. The Morgan fingerprint density at radius 1 is 1.50 bits per heavy atom. The molecule has 0 unspecified atom stereocenters. The summed E-state index contributed by atoms with van der Waals surface area (Å²) >= 11 is 0. The lowest BCUT2D eigenvalue weighted by atomic mass is 10.1. The fourth-order valence-electron chi connectivity index (χ4n) is 2.17. The number of nitrogen functional groups attached to an aromatic ring is 1. The first kappa shape index (κ1) is 12.9. The predicted octanol–water partition coefficient (Wildman–Crippen LogP) is 0.862. The first-order chi connectivity index (χ1) is 9.56. The van der Waals surface area contributed by atoms with Crippen LogP contribution in [0.1, 0.15) is 5.56 Å². The summed E-state index contributed by atoms with van der Waals surface area (Å²) in [5.74, 6) is 0.188. The van der Waals surface area contributed by atoms with Crippen molar-refractivity contribution >= 4 is 5.82 Å². The van der Waals surface area contributed by atoms with Gasteiger partial charge in [-0.25, -0.2) is 4.39 Å². The molecule has 0 saturated carbocycles. The molecule has 3 heterocycles. The molecule has 2 aromatic heterocycles. The van der Waals surface area contributed by atoms with E-state index < -0.39 is 5.82 Å². The molecule has 0 radical (unpaired) electrons. The molecule has 1 aliphatic heterocycles. The lowest BCUT2D eigenvalue weighted by Crippen LogP contribution is -2.50. The second-order valence-corrected chi connectivity index (χ2v) is 4.88. The number of hydrogen-bond acceptors (Lipinski definition) is 5. The first-order valence-electron chi connectivity index (χ1n) is 6.38. The Balaban J connectivity index is 1.99. The maximum atomic E-state index is 13.8. The summed E-state index contributed by atoms with van der Waals surface area (Å²) in [6.45, 7) is 3.32. The van der Waals surface area contributed by atoms with Gasteiger partial charge >= 0.3 is 0 Å². The van der Waals surface area contributed by atoms with Gasteiger partial charge in [-0.1, -0.05) is 0 Å². The van der Waals surface area contributed by atoms with E-state index in [0.29, 0.717) is 11.5 Å². The van der Waals surface area contributed by atoms with E-state index in [1.165, 1.54) is 6.20 Å². The van der Waals surface area contributed by atoms with Gasteiger partial charge in [0, 0.05) is 31.8 Å². The lowest BCUT2D eigenvalue weighted by Gasteiger charge is -2.28. The van der Waals surface area contributed by atoms with Gasteiger partial charge in [-0.05, 0) is 6.92 Å². The van der Waals surface area contributed by atoms with Crippen LogP contribution in [0.15, 0.2) is 12.3 Å². The van der Waals surface area contributed by atoms with E-state index in [9.17, 15) is 4.39 Å². The molecule has 2 aromatic rings. The molecule has 3 N–H and O–H groups in total. The van der Waals surface area contributed by atoms with Gasteiger partial charge in [0.05, 0.1) is 17.6 Å². The molecule has 0 atom stereocenters. The van der Waals surface area contributed by atoms with Crippen LogP contribution in [0.3, 0.4) is 0 Å². The monoisotopic (exact) mass is 277 g/mol. The zero-order chi connectivity index (χ0) is 14.3. The van der Waals surface area contributed by atoms with Crippen molar-refractivity contribution in [3.63, 3.8) is 0 Å². The van der Waals surface area contributed by atoms with Crippen molar-refractivity contribution in [2.75, 3.05) is 18.8 Å². The van der Waals surface area contributed by atoms with E-state index in [1.54, 1.807) is 17.8 Å². The quantitative estimate of drug-likeness (QED) is 0.870. The molecule has 20 heavy (non-hydrogen) atoms. The van der Waals surface area contributed by atoms with Gasteiger partial charge in [0.15, 0.2) is 11.6 Å². The molecule has 6 nitrogen and oxygen atoms in total. The maximum Gasteiger partial charge on any atom is 0.183 e. The summed E-state index contributed by atoms with van der Waals surface area (Å²) in [6.07, 6.45) is 1.18. The molecule has 0 amide bonds. The summed E-state index contributed by atoms with van der Waals surface area (Å²) in [7, 11) is 1.78. The summed E-state index contributed by atoms with van der Waals surface area (Å²) < 4.78 is 21.0. The largest absolute Gasteiger partial charge is 0.485 e. The Labute approximate surface area is 115 Å². The van der Waals surface area contributed by atoms with Gasteiger partial charge in [0.25, 0.3) is 0 Å². The van der Waals surface area contributed by atoms with Crippen molar-refractivity contribution in [2.24, 2.45) is 7.05 Å². The van der Waals surface area contributed by atoms with Crippen LogP contribution in [0.4, 0.5) is 10.2 Å². The van der Waals surface area contributed by atoms with Crippen molar-refractivity contribution in [3.8, 4) is 17.1 Å². The topological polar surface area (TPSA) is 78.0 Å². The van der Waals surface area contributed by atoms with Crippen molar-refractivity contribution in [3.05, 3.63) is 23.6 Å². The molecule has 0 spiro atoms. The Hall–Kier alpha value is -2.15. The number of nitrogens with two attached hydrogens (primary N) is 1. The summed E-state index contributed by atoms with van der Waals surface area (Å²) in [5.41, 5.74) is 7.97. The lowest BCUT2D eigenvalue weighted by molar-refractivity contribution is 0.136. The zero-order valence-corrected chi connectivity index (χ0v) is 11.4. The fourth-order valence-corrected chi connectivity index (χ4v) is 2.17. The molecule has 0 bridgehead atoms. The first-order valence-corrected chi connectivity index (χ1v) is 6.38. The highest BCUT2D eigenvalue weighted by molar-refractivity contribution is 5.66. The number of pyridine rings is 1. The fraction of sp³-hybridized carbons (Fsp3) is 0.385. The van der Waals surface area contributed by atoms with Crippen molar-refractivity contribution in [2.45, 2.75) is 13.0 Å². The van der Waals surface area contributed by atoms with E-state index in [4.69, 9.17) is 10.5 Å². The highest BCUT2D eigenvalue weighted by atomic mass is 19.1. The highest BCUT2D eigenvalue weighted by Gasteiger charge is 2.21. The average molecular weight is 277 g/mol. The molecule has 0 aromatic carbocycles. The Morgan fingerprint density at radius 2 is 2.25 bits per heavy atom. The highest BCUT2D eigenvalue weighted by Crippen LogP contribution is 2.29. The number of aryl methyl sites for hydroxylation is 1. The number of hydrogen-bond donors (Lipinski definition) is 2. The van der Waals surface area contributed by atoms with E-state index in [0.717, 1.165) is 24.3 Å². The summed E-state index contributed by atoms with van der Waals surface area (Å²) in [5, 5.41) is 7.21. The second kappa shape index (κ2) is 4.75. The maximum absolute atomic E-state index is 13.8. The van der Waals surface area contributed by atoms with E-state index in [1.807, 2.05) is 6.92 Å². The average Bonchev–Trinajstić information content (AvgIpc) is 2.61. The normalized spacial score (nSPS) is 15.2. The molecule has 1 saturated heterocycles. The third-order valence-electron chi connectivity index (χ3n) is 3.42. The van der Waals surface area contributed by atoms with Crippen LogP contribution in [0.2, 0.25) is 0 Å². The Morgan fingerprint density at radius 3 is 2.80 bits per heavy atom. The molecule has 7 heteroatoms. The van der Waals surface area contributed by atoms with Crippen LogP contribution in [-0.4, -0.2) is 34.0 Å². The molecule has 3 rings (SSSR count). The van der Waals surface area contributed by atoms with Crippen molar-refractivity contribution in [1.82, 2.24) is 20.1 Å². The Kier molecular flexibility index (Phi) is 3.06. The minimum Gasteiger partial charge on any atom is -0.485 e. The number of halogens is 1. The minimum atomic E-state index is -0.464. The van der Waals surface area contributed by atoms with Gasteiger partial charge < -0.3 is 15.8 Å². The van der Waals surface area contributed by atoms with Crippen LogP contribution in [0.25, 0.3) is 11.4 Å². The van der Waals surface area contributed by atoms with Crippen molar-refractivity contribution in [1.29, 1.82) is 0 Å². The zero-order valence-electron chi connectivity index (χ0n) is 11.4. The van der Waals surface area contributed by atoms with Crippen LogP contribution in [-0.2, 0) is 7.05 Å². The van der Waals surface area contributed by atoms with Crippen molar-refractivity contribution < 1.29 is 9.13 Å². The number of rotatable bonds is 3. The van der Waals surface area contributed by atoms with Gasteiger partial charge in [-0.2, -0.15) is 5.10 Å². The molecule has 1 aliphatic rings. The molecular weight excluding hydrogens is 261 g/mol. The number of nitrogens with zero attached hydrogens (tertiary/aromatic N) is 3. The molecular formula is C13H16FN5O. The second-order valence-electron chi connectivity index (χ2n) is 4.88. The summed E-state index contributed by atoms with van der Waals surface area (Å²) in [4.78, 5) is 4.11. The molecule has 106 valence electrons. The summed E-state index contributed by atoms with van der Waals surface area (Å²) in [6, 6.07) is 1.59. The van der Waals surface area contributed by atoms with Gasteiger partial charge in [0.2, 0.25) is 0 Å². The number of ether oxygens (including phenoxy) is 1. The van der Waals surface area contributed by atoms with E-state index in [2.05, 4.69) is 15.4 Å². The SMILES string of the molecule is Cc1c(N)nn(C)c1-c1cc(OC2CNC2)c(F)cn1. The van der Waals surface area contributed by atoms with Gasteiger partial charge in [-0.15, -0.1) is 0 Å². The molecule has 0 aliphatic carbocycles. The smallest absolute Gasteiger partial charge is 0.183 e. The van der Waals surface area contributed by atoms with Gasteiger partial charge in [0.1, 0.15) is 11.9 Å². The van der Waals surface area contributed by atoms with Crippen LogP contribution in [0.5, 0.6) is 5.75 Å². The molecule has 1 fully saturated rings. The Bertz CT molecular complexity index is 650. The number of nitrogens with one attached hydrogen (secondary N) is 1.